The summed E-state index contributed by atoms with van der Waals surface area (Å²) < 4.78 is 0. The summed E-state index contributed by atoms with van der Waals surface area (Å²) in [4.78, 5) is 10.8. The second-order valence-electron chi connectivity index (χ2n) is 3.25. The van der Waals surface area contributed by atoms with Gasteiger partial charge in [-0.1, -0.05) is 19.1 Å². The van der Waals surface area contributed by atoms with Gasteiger partial charge >= 0.3 is 0 Å². The van der Waals surface area contributed by atoms with Gasteiger partial charge in [-0.2, -0.15) is 0 Å². The van der Waals surface area contributed by atoms with E-state index in [1.807, 2.05) is 31.2 Å². The topological polar surface area (TPSA) is 69.1 Å². The normalized spacial score (nSPS) is 11.5. The molecule has 4 N–H and O–H groups in total. The van der Waals surface area contributed by atoms with Crippen LogP contribution in [0.15, 0.2) is 24.3 Å². The van der Waals surface area contributed by atoms with Crippen molar-refractivity contribution in [2.45, 2.75) is 13.3 Å². The van der Waals surface area contributed by atoms with Crippen LogP contribution < -0.4 is 11.5 Å². The van der Waals surface area contributed by atoms with E-state index in [9.17, 15) is 4.79 Å². The molecule has 1 aromatic carbocycles. The molecule has 1 rings (SSSR count). The van der Waals surface area contributed by atoms with Crippen molar-refractivity contribution < 1.29 is 4.79 Å². The van der Waals surface area contributed by atoms with Crippen molar-refractivity contribution in [3.8, 4) is 0 Å². The van der Waals surface area contributed by atoms with E-state index in [4.69, 9.17) is 11.5 Å². The van der Waals surface area contributed by atoms with E-state index in [2.05, 4.69) is 0 Å². The van der Waals surface area contributed by atoms with Crippen LogP contribution in [0.2, 0.25) is 0 Å². The number of nitrogen functional groups attached to an aromatic ring is 1. The predicted octanol–water partition coefficient (Wildman–Crippen LogP) is 1.35. The number of amides is 1. The van der Waals surface area contributed by atoms with Crippen LogP contribution in [-0.2, 0) is 11.2 Å². The Kier molecular flexibility index (Phi) is 5.02. The lowest BCUT2D eigenvalue weighted by Crippen LogP contribution is -2.22. The molecule has 4 heteroatoms. The third kappa shape index (κ3) is 3.66. The number of primary amides is 1. The van der Waals surface area contributed by atoms with Crippen LogP contribution in [0.1, 0.15) is 12.5 Å². The molecule has 1 unspecified atom stereocenters. The fourth-order valence-corrected chi connectivity index (χ4v) is 1.17. The summed E-state index contributed by atoms with van der Waals surface area (Å²) >= 11 is 0. The van der Waals surface area contributed by atoms with Crippen molar-refractivity contribution in [3.63, 3.8) is 0 Å². The molecule has 3 nitrogen and oxygen atoms in total. The first kappa shape index (κ1) is 12.8. The molecular weight excluding hydrogens is 200 g/mol. The largest absolute Gasteiger partial charge is 0.399 e. The van der Waals surface area contributed by atoms with Crippen molar-refractivity contribution in [3.05, 3.63) is 29.8 Å². The van der Waals surface area contributed by atoms with Gasteiger partial charge in [0.1, 0.15) is 0 Å². The average Bonchev–Trinajstić information content (AvgIpc) is 2.04. The molecule has 0 aliphatic rings. The zero-order valence-corrected chi connectivity index (χ0v) is 8.88. The first-order valence-electron chi connectivity index (χ1n) is 4.23. The van der Waals surface area contributed by atoms with Crippen molar-refractivity contribution in [2.75, 3.05) is 5.73 Å². The van der Waals surface area contributed by atoms with E-state index < -0.39 is 0 Å². The molecule has 0 fully saturated rings. The maximum absolute atomic E-state index is 10.8. The number of halogens is 1. The summed E-state index contributed by atoms with van der Waals surface area (Å²) in [6, 6.07) is 7.49. The lowest BCUT2D eigenvalue weighted by atomic mass is 10.0. The standard InChI is InChI=1S/C10H14N2O.ClH/c1-7(10(12)13)5-8-3-2-4-9(11)6-8;/h2-4,6-7H,5,11H2,1H3,(H2,12,13);1H. The van der Waals surface area contributed by atoms with Crippen molar-refractivity contribution in [2.24, 2.45) is 11.7 Å². The third-order valence-electron chi connectivity index (χ3n) is 1.98. The lowest BCUT2D eigenvalue weighted by Gasteiger charge is -2.07. The van der Waals surface area contributed by atoms with Gasteiger partial charge in [-0.3, -0.25) is 4.79 Å². The van der Waals surface area contributed by atoms with Gasteiger partial charge in [-0.25, -0.2) is 0 Å². The van der Waals surface area contributed by atoms with E-state index in [1.54, 1.807) is 0 Å². The summed E-state index contributed by atoms with van der Waals surface area (Å²) in [5.74, 6) is -0.413. The van der Waals surface area contributed by atoms with Crippen molar-refractivity contribution in [1.29, 1.82) is 0 Å². The van der Waals surface area contributed by atoms with Crippen molar-refractivity contribution >= 4 is 24.0 Å². The molecule has 0 saturated heterocycles. The predicted molar refractivity (Wildman–Crippen MR) is 60.2 cm³/mol. The van der Waals surface area contributed by atoms with Gasteiger partial charge in [-0.05, 0) is 24.1 Å². The summed E-state index contributed by atoms with van der Waals surface area (Å²) in [5.41, 5.74) is 12.5. The number of nitrogens with two attached hydrogens (primary N) is 2. The Bertz CT molecular complexity index is 315. The van der Waals surface area contributed by atoms with E-state index in [1.165, 1.54) is 0 Å². The Morgan fingerprint density at radius 3 is 2.64 bits per heavy atom. The smallest absolute Gasteiger partial charge is 0.220 e. The molecule has 1 amide bonds. The highest BCUT2D eigenvalue weighted by Crippen LogP contribution is 2.11. The van der Waals surface area contributed by atoms with Gasteiger partial charge in [-0.15, -0.1) is 12.4 Å². The number of hydrogen-bond donors (Lipinski definition) is 2. The van der Waals surface area contributed by atoms with Crippen molar-refractivity contribution in [1.82, 2.24) is 0 Å². The van der Waals surface area contributed by atoms with Crippen LogP contribution in [0.3, 0.4) is 0 Å². The van der Waals surface area contributed by atoms with Gasteiger partial charge in [0.2, 0.25) is 5.91 Å². The second-order valence-corrected chi connectivity index (χ2v) is 3.25. The molecule has 0 heterocycles. The molecule has 0 aliphatic heterocycles. The Labute approximate surface area is 89.9 Å². The molecular formula is C10H15ClN2O. The third-order valence-corrected chi connectivity index (χ3v) is 1.98. The Morgan fingerprint density at radius 1 is 1.50 bits per heavy atom. The highest BCUT2D eigenvalue weighted by molar-refractivity contribution is 5.85. The van der Waals surface area contributed by atoms with E-state index >= 15 is 0 Å². The van der Waals surface area contributed by atoms with E-state index in [-0.39, 0.29) is 24.2 Å². The van der Waals surface area contributed by atoms with E-state index in [0.29, 0.717) is 12.1 Å². The van der Waals surface area contributed by atoms with Gasteiger partial charge in [0.05, 0.1) is 0 Å². The molecule has 0 aliphatic carbocycles. The van der Waals surface area contributed by atoms with Crippen LogP contribution in [0.25, 0.3) is 0 Å². The number of rotatable bonds is 3. The molecule has 0 spiro atoms. The molecule has 78 valence electrons. The Balaban J connectivity index is 0.00000169. The summed E-state index contributed by atoms with van der Waals surface area (Å²) in [5, 5.41) is 0. The minimum Gasteiger partial charge on any atom is -0.399 e. The minimum atomic E-state index is -0.276. The summed E-state index contributed by atoms with van der Waals surface area (Å²) in [6.07, 6.45) is 0.653. The second kappa shape index (κ2) is 5.50. The van der Waals surface area contributed by atoms with Gasteiger partial charge < -0.3 is 11.5 Å². The molecule has 14 heavy (non-hydrogen) atoms. The highest BCUT2D eigenvalue weighted by Gasteiger charge is 2.08. The fraction of sp³-hybridized carbons (Fsp3) is 0.300. The zero-order valence-electron chi connectivity index (χ0n) is 8.07. The number of carbonyl (C=O) groups is 1. The van der Waals surface area contributed by atoms with Gasteiger partial charge in [0, 0.05) is 11.6 Å². The lowest BCUT2D eigenvalue weighted by molar-refractivity contribution is -0.121. The van der Waals surface area contributed by atoms with Crippen LogP contribution >= 0.6 is 12.4 Å². The van der Waals surface area contributed by atoms with Gasteiger partial charge in [0.25, 0.3) is 0 Å². The number of anilines is 1. The minimum absolute atomic E-state index is 0. The zero-order chi connectivity index (χ0) is 9.84. The quantitative estimate of drug-likeness (QED) is 0.746. The maximum atomic E-state index is 10.8. The maximum Gasteiger partial charge on any atom is 0.220 e. The van der Waals surface area contributed by atoms with E-state index in [0.717, 1.165) is 5.56 Å². The fourth-order valence-electron chi connectivity index (χ4n) is 1.17. The molecule has 1 atom stereocenters. The SMILES string of the molecule is CC(Cc1cccc(N)c1)C(N)=O.Cl. The van der Waals surface area contributed by atoms with Crippen LogP contribution in [-0.4, -0.2) is 5.91 Å². The van der Waals surface area contributed by atoms with Crippen LogP contribution in [0.4, 0.5) is 5.69 Å². The Hall–Kier alpha value is -1.22. The Morgan fingerprint density at radius 2 is 2.14 bits per heavy atom. The molecule has 0 bridgehead atoms. The molecule has 0 aromatic heterocycles. The number of carbonyl (C=O) groups excluding carboxylic acids is 1. The summed E-state index contributed by atoms with van der Waals surface area (Å²) in [7, 11) is 0. The molecule has 1 aromatic rings. The molecule has 0 radical (unpaired) electrons. The first-order valence-corrected chi connectivity index (χ1v) is 4.23. The van der Waals surface area contributed by atoms with Gasteiger partial charge in [0.15, 0.2) is 0 Å². The molecule has 0 saturated carbocycles. The number of benzene rings is 1. The first-order chi connectivity index (χ1) is 6.09. The van der Waals surface area contributed by atoms with Crippen LogP contribution in [0.5, 0.6) is 0 Å². The van der Waals surface area contributed by atoms with Crippen LogP contribution in [0, 0.1) is 5.92 Å². The highest BCUT2D eigenvalue weighted by atomic mass is 35.5. The summed E-state index contributed by atoms with van der Waals surface area (Å²) in [6.45, 7) is 1.81. The number of hydrogen-bond acceptors (Lipinski definition) is 2. The average molecular weight is 215 g/mol. The monoisotopic (exact) mass is 214 g/mol.